The number of benzene rings is 2. The van der Waals surface area contributed by atoms with E-state index in [1.165, 1.54) is 25.3 Å². The van der Waals surface area contributed by atoms with Crippen molar-refractivity contribution in [1.29, 1.82) is 0 Å². The summed E-state index contributed by atoms with van der Waals surface area (Å²) >= 11 is 0. The first-order valence-corrected chi connectivity index (χ1v) is 10.9. The number of hydrogen-bond acceptors (Lipinski definition) is 7. The van der Waals surface area contributed by atoms with Gasteiger partial charge in [0, 0.05) is 29.1 Å². The van der Waals surface area contributed by atoms with Crippen LogP contribution in [-0.2, 0) is 0 Å². The maximum Gasteiger partial charge on any atom is 0.349 e. The largest absolute Gasteiger partial charge is 0.508 e. The summed E-state index contributed by atoms with van der Waals surface area (Å²) in [4.78, 5) is 24.4. The summed E-state index contributed by atoms with van der Waals surface area (Å²) in [5.74, 6) is 0.527. The maximum absolute atomic E-state index is 14.8. The molecule has 33 heavy (non-hydrogen) atoms. The smallest absolute Gasteiger partial charge is 0.349 e. The summed E-state index contributed by atoms with van der Waals surface area (Å²) < 4.78 is 26.0. The number of aryl methyl sites for hydroxylation is 1. The van der Waals surface area contributed by atoms with Crippen LogP contribution in [0.4, 0.5) is 10.2 Å². The summed E-state index contributed by atoms with van der Waals surface area (Å²) in [6.45, 7) is 6.75. The number of aromatic hydroxyl groups is 1. The molecule has 1 aliphatic rings. The minimum atomic E-state index is -0.622. The molecule has 4 aromatic rings. The molecule has 0 amide bonds. The lowest BCUT2D eigenvalue weighted by Crippen LogP contribution is -2.29. The third kappa shape index (κ3) is 3.37. The fourth-order valence-electron chi connectivity index (χ4n) is 4.91. The van der Waals surface area contributed by atoms with Crippen LogP contribution in [0.5, 0.6) is 11.8 Å². The van der Waals surface area contributed by atoms with Crippen molar-refractivity contribution in [1.82, 2.24) is 9.97 Å². The van der Waals surface area contributed by atoms with Crippen LogP contribution in [0.2, 0.25) is 0 Å². The summed E-state index contributed by atoms with van der Waals surface area (Å²) in [7, 11) is 1.47. The van der Waals surface area contributed by atoms with Crippen molar-refractivity contribution in [2.45, 2.75) is 33.2 Å². The Balaban J connectivity index is 1.85. The topological polar surface area (TPSA) is 88.7 Å². The molecule has 3 heterocycles. The monoisotopic (exact) mass is 449 g/mol. The maximum atomic E-state index is 14.8. The van der Waals surface area contributed by atoms with Crippen LogP contribution in [0.25, 0.3) is 33.0 Å². The van der Waals surface area contributed by atoms with Crippen molar-refractivity contribution in [2.75, 3.05) is 18.6 Å². The van der Waals surface area contributed by atoms with Crippen molar-refractivity contribution in [3.8, 4) is 23.1 Å². The Hall–Kier alpha value is -3.68. The van der Waals surface area contributed by atoms with Crippen LogP contribution in [0.1, 0.15) is 25.8 Å². The number of anilines is 1. The molecule has 5 rings (SSSR count). The zero-order valence-corrected chi connectivity index (χ0v) is 18.8. The molecule has 0 radical (unpaired) electrons. The van der Waals surface area contributed by atoms with E-state index in [2.05, 4.69) is 28.7 Å². The Labute approximate surface area is 189 Å². The number of phenolic OH excluding ortho intramolecular Hbond substituents is 1. The molecule has 2 aromatic carbocycles. The predicted molar refractivity (Wildman–Crippen MR) is 125 cm³/mol. The van der Waals surface area contributed by atoms with E-state index in [9.17, 15) is 14.3 Å². The van der Waals surface area contributed by atoms with Gasteiger partial charge in [0.15, 0.2) is 5.82 Å². The van der Waals surface area contributed by atoms with Crippen molar-refractivity contribution in [2.24, 2.45) is 5.92 Å². The van der Waals surface area contributed by atoms with Crippen LogP contribution in [0, 0.1) is 18.7 Å². The first-order chi connectivity index (χ1) is 15.8. The molecule has 0 aliphatic carbocycles. The Morgan fingerprint density at radius 3 is 2.70 bits per heavy atom. The summed E-state index contributed by atoms with van der Waals surface area (Å²) in [5.41, 5.74) is 0.564. The molecular weight excluding hydrogens is 425 g/mol. The molecule has 7 nitrogen and oxygen atoms in total. The number of rotatable bonds is 3. The fourth-order valence-corrected chi connectivity index (χ4v) is 4.91. The number of fused-ring (bicyclic) bond motifs is 2. The highest BCUT2D eigenvalue weighted by atomic mass is 19.1. The van der Waals surface area contributed by atoms with Gasteiger partial charge in [-0.05, 0) is 49.8 Å². The second-order valence-corrected chi connectivity index (χ2v) is 8.77. The highest BCUT2D eigenvalue weighted by Crippen LogP contribution is 2.39. The van der Waals surface area contributed by atoms with Gasteiger partial charge < -0.3 is 19.2 Å². The van der Waals surface area contributed by atoms with Crippen molar-refractivity contribution in [3.05, 3.63) is 52.1 Å². The highest BCUT2D eigenvalue weighted by Gasteiger charge is 2.31. The van der Waals surface area contributed by atoms with Crippen molar-refractivity contribution < 1.29 is 18.7 Å². The van der Waals surface area contributed by atoms with Crippen LogP contribution in [0.3, 0.4) is 0 Å². The average molecular weight is 449 g/mol. The lowest BCUT2D eigenvalue weighted by Gasteiger charge is -2.24. The van der Waals surface area contributed by atoms with E-state index in [0.717, 1.165) is 13.0 Å². The molecule has 8 heteroatoms. The molecule has 1 saturated heterocycles. The molecule has 1 N–H and O–H groups in total. The van der Waals surface area contributed by atoms with Crippen LogP contribution in [-0.4, -0.2) is 34.8 Å². The number of hydrogen-bond donors (Lipinski definition) is 1. The van der Waals surface area contributed by atoms with E-state index < -0.39 is 11.4 Å². The van der Waals surface area contributed by atoms with E-state index in [0.29, 0.717) is 28.2 Å². The van der Waals surface area contributed by atoms with E-state index in [1.807, 2.05) is 0 Å². The van der Waals surface area contributed by atoms with Gasteiger partial charge in [-0.3, -0.25) is 0 Å². The minimum absolute atomic E-state index is 0.0638. The van der Waals surface area contributed by atoms with Gasteiger partial charge >= 0.3 is 11.6 Å². The molecule has 2 aromatic heterocycles. The molecule has 0 saturated carbocycles. The Bertz CT molecular complexity index is 1470. The van der Waals surface area contributed by atoms with Gasteiger partial charge in [-0.1, -0.05) is 19.1 Å². The predicted octanol–water partition coefficient (Wildman–Crippen LogP) is 4.80. The zero-order chi connectivity index (χ0) is 23.4. The van der Waals surface area contributed by atoms with Crippen molar-refractivity contribution in [3.63, 3.8) is 0 Å². The van der Waals surface area contributed by atoms with Crippen molar-refractivity contribution >= 4 is 27.5 Å². The van der Waals surface area contributed by atoms with Gasteiger partial charge in [0.05, 0.1) is 12.6 Å². The third-order valence-electron chi connectivity index (χ3n) is 6.36. The normalized spacial score (nSPS) is 18.4. The molecule has 1 fully saturated rings. The summed E-state index contributed by atoms with van der Waals surface area (Å²) in [6, 6.07) is 7.77. The molecule has 2 unspecified atom stereocenters. The number of ether oxygens (including phenoxy) is 1. The number of phenols is 1. The fraction of sp³-hybridized carbons (Fsp3) is 0.320. The van der Waals surface area contributed by atoms with Crippen LogP contribution >= 0.6 is 0 Å². The van der Waals surface area contributed by atoms with Gasteiger partial charge in [0.2, 0.25) is 0 Å². The minimum Gasteiger partial charge on any atom is -0.508 e. The van der Waals surface area contributed by atoms with Crippen LogP contribution < -0.4 is 15.3 Å². The number of nitrogens with zero attached hydrogens (tertiary/aromatic N) is 3. The Kier molecular flexibility index (Phi) is 4.96. The van der Waals surface area contributed by atoms with Gasteiger partial charge in [0.1, 0.15) is 22.7 Å². The SMILES string of the molecule is COc1nc(N2CC(C)CC2C)c2c(=O)oc(-c3cc(O)cc4cccc(F)c34)c(C)c2n1. The lowest BCUT2D eigenvalue weighted by molar-refractivity contribution is 0.381. The molecule has 170 valence electrons. The second-order valence-electron chi connectivity index (χ2n) is 8.77. The highest BCUT2D eigenvalue weighted by molar-refractivity contribution is 6.00. The molecule has 2 atom stereocenters. The summed E-state index contributed by atoms with van der Waals surface area (Å²) in [5, 5.41) is 11.3. The van der Waals surface area contributed by atoms with Gasteiger partial charge in [-0.2, -0.15) is 9.97 Å². The van der Waals surface area contributed by atoms with Gasteiger partial charge in [0.25, 0.3) is 0 Å². The van der Waals surface area contributed by atoms with Gasteiger partial charge in [-0.15, -0.1) is 0 Å². The van der Waals surface area contributed by atoms with E-state index in [-0.39, 0.29) is 39.9 Å². The Morgan fingerprint density at radius 1 is 1.21 bits per heavy atom. The lowest BCUT2D eigenvalue weighted by atomic mass is 9.98. The molecular formula is C25H24FN3O4. The standard InChI is InChI=1S/C25H24FN3O4/c1-12-8-13(2)29(11-12)23-20-21(27-25(28-23)32-4)14(3)22(33-24(20)31)17-10-16(30)9-15-6-5-7-18(26)19(15)17/h5-7,9-10,12-13,30H,8,11H2,1-4H3. The molecule has 0 spiro atoms. The van der Waals surface area contributed by atoms with E-state index >= 15 is 0 Å². The summed E-state index contributed by atoms with van der Waals surface area (Å²) in [6.07, 6.45) is 0.977. The first kappa shape index (κ1) is 21.2. The zero-order valence-electron chi connectivity index (χ0n) is 18.8. The third-order valence-corrected chi connectivity index (χ3v) is 6.36. The van der Waals surface area contributed by atoms with Crippen LogP contribution in [0.15, 0.2) is 39.5 Å². The molecule has 1 aliphatic heterocycles. The number of methoxy groups -OCH3 is 1. The first-order valence-electron chi connectivity index (χ1n) is 10.9. The Morgan fingerprint density at radius 2 is 2.00 bits per heavy atom. The van der Waals surface area contributed by atoms with Gasteiger partial charge in [-0.25, -0.2) is 9.18 Å². The number of aromatic nitrogens is 2. The number of halogens is 1. The van der Waals surface area contributed by atoms with E-state index in [4.69, 9.17) is 9.15 Å². The quantitative estimate of drug-likeness (QED) is 0.481. The molecule has 0 bridgehead atoms. The second kappa shape index (κ2) is 7.72. The van der Waals surface area contributed by atoms with E-state index in [1.54, 1.807) is 19.1 Å². The average Bonchev–Trinajstić information content (AvgIpc) is 3.12.